The van der Waals surface area contributed by atoms with Crippen LogP contribution in [0.1, 0.15) is 25.3 Å². The summed E-state index contributed by atoms with van der Waals surface area (Å²) < 4.78 is 1.66. The van der Waals surface area contributed by atoms with Gasteiger partial charge in [-0.3, -0.25) is 4.79 Å². The van der Waals surface area contributed by atoms with Crippen LogP contribution in [0, 0.1) is 0 Å². The van der Waals surface area contributed by atoms with Crippen molar-refractivity contribution in [3.05, 3.63) is 41.4 Å². The average Bonchev–Trinajstić information content (AvgIpc) is 3.16. The van der Waals surface area contributed by atoms with Crippen molar-refractivity contribution < 1.29 is 4.79 Å². The van der Waals surface area contributed by atoms with Gasteiger partial charge in [-0.2, -0.15) is 5.10 Å². The topological polar surface area (TPSA) is 71.8 Å². The van der Waals surface area contributed by atoms with Gasteiger partial charge < -0.3 is 10.6 Å². The van der Waals surface area contributed by atoms with Gasteiger partial charge >= 0.3 is 0 Å². The van der Waals surface area contributed by atoms with Gasteiger partial charge in [-0.1, -0.05) is 11.6 Å². The summed E-state index contributed by atoms with van der Waals surface area (Å²) in [5, 5.41) is 11.0. The first-order valence-corrected chi connectivity index (χ1v) is 7.68. The van der Waals surface area contributed by atoms with Crippen molar-refractivity contribution in [1.29, 1.82) is 0 Å². The maximum absolute atomic E-state index is 12.2. The van der Waals surface area contributed by atoms with Crippen LogP contribution in [-0.4, -0.2) is 32.8 Å². The van der Waals surface area contributed by atoms with Crippen molar-refractivity contribution in [3.8, 4) is 5.69 Å². The van der Waals surface area contributed by atoms with E-state index in [1.807, 2.05) is 12.1 Å². The monoisotopic (exact) mass is 355 g/mol. The highest BCUT2D eigenvalue weighted by Gasteiger charge is 2.26. The van der Waals surface area contributed by atoms with Crippen LogP contribution in [0.15, 0.2) is 30.9 Å². The lowest BCUT2D eigenvalue weighted by Crippen LogP contribution is -2.41. The number of nitrogens with zero attached hydrogens (tertiary/aromatic N) is 3. The van der Waals surface area contributed by atoms with Crippen molar-refractivity contribution in [2.75, 3.05) is 0 Å². The van der Waals surface area contributed by atoms with Crippen LogP contribution < -0.4 is 10.6 Å². The summed E-state index contributed by atoms with van der Waals surface area (Å²) in [6.45, 7) is 2.49. The zero-order valence-corrected chi connectivity index (χ0v) is 14.3. The van der Waals surface area contributed by atoms with Gasteiger partial charge in [0, 0.05) is 17.6 Å². The molecule has 124 valence electrons. The van der Waals surface area contributed by atoms with E-state index in [0.717, 1.165) is 24.1 Å². The minimum Gasteiger partial charge on any atom is -0.351 e. The van der Waals surface area contributed by atoms with Crippen LogP contribution in [0.3, 0.4) is 0 Å². The van der Waals surface area contributed by atoms with Crippen LogP contribution in [-0.2, 0) is 11.3 Å². The molecule has 1 aliphatic rings. The van der Waals surface area contributed by atoms with Gasteiger partial charge in [-0.05, 0) is 43.5 Å². The molecule has 1 aromatic heterocycles. The molecule has 3 rings (SSSR count). The molecule has 23 heavy (non-hydrogen) atoms. The second-order valence-corrected chi connectivity index (χ2v) is 5.96. The minimum atomic E-state index is -0.107. The number of aromatic nitrogens is 3. The fraction of sp³-hybridized carbons (Fsp3) is 0.400. The van der Waals surface area contributed by atoms with Gasteiger partial charge in [0.25, 0.3) is 0 Å². The predicted octanol–water partition coefficient (Wildman–Crippen LogP) is 2.10. The van der Waals surface area contributed by atoms with Gasteiger partial charge in [0.05, 0.1) is 11.7 Å². The second-order valence-electron chi connectivity index (χ2n) is 5.53. The lowest BCUT2D eigenvalue weighted by atomic mass is 10.1. The van der Waals surface area contributed by atoms with E-state index >= 15 is 0 Å². The lowest BCUT2D eigenvalue weighted by Gasteiger charge is -2.14. The Kier molecular flexibility index (Phi) is 5.98. The van der Waals surface area contributed by atoms with E-state index in [0.29, 0.717) is 17.6 Å². The zero-order chi connectivity index (χ0) is 15.5. The average molecular weight is 356 g/mol. The summed E-state index contributed by atoms with van der Waals surface area (Å²) in [5.74, 6) is 0.0221. The maximum Gasteiger partial charge on any atom is 0.237 e. The first kappa shape index (κ1) is 17.7. The van der Waals surface area contributed by atoms with Crippen molar-refractivity contribution in [3.63, 3.8) is 0 Å². The number of hydrogen-bond acceptors (Lipinski definition) is 4. The van der Waals surface area contributed by atoms with E-state index in [1.165, 1.54) is 6.33 Å². The minimum absolute atomic E-state index is 0. The molecule has 2 atom stereocenters. The SMILES string of the molecule is CC1CC[C@@H](C(=O)NCc2cc(Cl)ccc2-n2cncn2)N1.Cl. The molecule has 0 radical (unpaired) electrons. The number of carbonyl (C=O) groups is 1. The highest BCUT2D eigenvalue weighted by Crippen LogP contribution is 2.19. The molecule has 0 spiro atoms. The zero-order valence-electron chi connectivity index (χ0n) is 12.7. The normalized spacial score (nSPS) is 20.1. The third-order valence-corrected chi connectivity index (χ3v) is 4.09. The van der Waals surface area contributed by atoms with Crippen molar-refractivity contribution >= 4 is 29.9 Å². The first-order chi connectivity index (χ1) is 10.6. The Morgan fingerprint density at radius 1 is 1.48 bits per heavy atom. The molecule has 0 saturated carbocycles. The predicted molar refractivity (Wildman–Crippen MR) is 91.1 cm³/mol. The number of halogens is 2. The van der Waals surface area contributed by atoms with Crippen molar-refractivity contribution in [2.45, 2.75) is 38.4 Å². The number of amides is 1. The van der Waals surface area contributed by atoms with Crippen LogP contribution in [0.4, 0.5) is 0 Å². The quantitative estimate of drug-likeness (QED) is 0.880. The van der Waals surface area contributed by atoms with Crippen LogP contribution in [0.2, 0.25) is 5.02 Å². The Balaban J connectivity index is 0.00000192. The van der Waals surface area contributed by atoms with Crippen molar-refractivity contribution in [1.82, 2.24) is 25.4 Å². The van der Waals surface area contributed by atoms with E-state index in [-0.39, 0.29) is 24.4 Å². The molecule has 1 saturated heterocycles. The summed E-state index contributed by atoms with van der Waals surface area (Å²) in [4.78, 5) is 16.2. The van der Waals surface area contributed by atoms with Gasteiger partial charge in [-0.25, -0.2) is 9.67 Å². The van der Waals surface area contributed by atoms with E-state index in [4.69, 9.17) is 11.6 Å². The molecule has 1 aromatic carbocycles. The Bertz CT molecular complexity index is 662. The van der Waals surface area contributed by atoms with Crippen molar-refractivity contribution in [2.24, 2.45) is 0 Å². The van der Waals surface area contributed by atoms with E-state index in [1.54, 1.807) is 17.1 Å². The summed E-state index contributed by atoms with van der Waals surface area (Å²) in [6.07, 6.45) is 4.99. The summed E-state index contributed by atoms with van der Waals surface area (Å²) in [7, 11) is 0. The molecule has 1 fully saturated rings. The Morgan fingerprint density at radius 2 is 2.30 bits per heavy atom. The summed E-state index contributed by atoms with van der Waals surface area (Å²) in [6, 6.07) is 5.79. The Hall–Kier alpha value is -1.63. The lowest BCUT2D eigenvalue weighted by molar-refractivity contribution is -0.123. The fourth-order valence-electron chi connectivity index (χ4n) is 2.69. The van der Waals surface area contributed by atoms with Gasteiger partial charge in [0.1, 0.15) is 12.7 Å². The van der Waals surface area contributed by atoms with Gasteiger partial charge in [0.2, 0.25) is 5.91 Å². The number of benzene rings is 1. The van der Waals surface area contributed by atoms with Crippen LogP contribution >= 0.6 is 24.0 Å². The Morgan fingerprint density at radius 3 is 2.96 bits per heavy atom. The smallest absolute Gasteiger partial charge is 0.237 e. The molecule has 0 aliphatic carbocycles. The molecular weight excluding hydrogens is 337 g/mol. The summed E-state index contributed by atoms with van der Waals surface area (Å²) >= 11 is 6.07. The second kappa shape index (κ2) is 7.77. The summed E-state index contributed by atoms with van der Waals surface area (Å²) in [5.41, 5.74) is 1.76. The highest BCUT2D eigenvalue weighted by molar-refractivity contribution is 6.30. The maximum atomic E-state index is 12.2. The van der Waals surface area contributed by atoms with E-state index in [2.05, 4.69) is 27.6 Å². The third-order valence-electron chi connectivity index (χ3n) is 3.85. The molecular formula is C15H19Cl2N5O. The van der Waals surface area contributed by atoms with Gasteiger partial charge in [-0.15, -0.1) is 12.4 Å². The van der Waals surface area contributed by atoms with Gasteiger partial charge in [0.15, 0.2) is 0 Å². The molecule has 1 unspecified atom stereocenters. The standard InChI is InChI=1S/C15H18ClN5O.ClH/c1-10-2-4-13(20-10)15(22)18-7-11-6-12(16)3-5-14(11)21-9-17-8-19-21;/h3,5-6,8-10,13,20H,2,4,7H2,1H3,(H,18,22);1H/t10?,13-;/m0./s1. The molecule has 6 nitrogen and oxygen atoms in total. The van der Waals surface area contributed by atoms with E-state index < -0.39 is 0 Å². The molecule has 8 heteroatoms. The largest absolute Gasteiger partial charge is 0.351 e. The molecule has 0 bridgehead atoms. The number of hydrogen-bond donors (Lipinski definition) is 2. The molecule has 2 N–H and O–H groups in total. The highest BCUT2D eigenvalue weighted by atomic mass is 35.5. The molecule has 2 heterocycles. The fourth-order valence-corrected chi connectivity index (χ4v) is 2.89. The molecule has 2 aromatic rings. The molecule has 1 amide bonds. The van der Waals surface area contributed by atoms with Crippen LogP contribution in [0.5, 0.6) is 0 Å². The number of rotatable bonds is 4. The third kappa shape index (κ3) is 4.22. The van der Waals surface area contributed by atoms with E-state index in [9.17, 15) is 4.79 Å². The molecule has 1 aliphatic heterocycles. The Labute approximate surface area is 146 Å². The number of carbonyl (C=O) groups excluding carboxylic acids is 1. The van der Waals surface area contributed by atoms with Crippen LogP contribution in [0.25, 0.3) is 5.69 Å². The first-order valence-electron chi connectivity index (χ1n) is 7.30. The number of nitrogens with one attached hydrogen (secondary N) is 2.